The van der Waals surface area contributed by atoms with Gasteiger partial charge >= 0.3 is 0 Å². The minimum atomic E-state index is -0.534. The van der Waals surface area contributed by atoms with E-state index in [1.54, 1.807) is 0 Å². The van der Waals surface area contributed by atoms with Gasteiger partial charge in [0.25, 0.3) is 0 Å². The molecule has 0 radical (unpaired) electrons. The molecular formula is C65H42N2O. The number of aromatic nitrogens is 1. The fourth-order valence-corrected chi connectivity index (χ4v) is 11.5. The molecule has 3 heteroatoms. The maximum atomic E-state index is 6.69. The minimum absolute atomic E-state index is 0.534. The Morgan fingerprint density at radius 2 is 1.01 bits per heavy atom. The van der Waals surface area contributed by atoms with Crippen LogP contribution in [-0.4, -0.2) is 4.57 Å². The molecule has 3 nitrogen and oxygen atoms in total. The van der Waals surface area contributed by atoms with Gasteiger partial charge in [-0.3, -0.25) is 0 Å². The van der Waals surface area contributed by atoms with Gasteiger partial charge in [-0.15, -0.1) is 0 Å². The molecular weight excluding hydrogens is 825 g/mol. The van der Waals surface area contributed by atoms with Crippen molar-refractivity contribution >= 4 is 71.6 Å². The maximum absolute atomic E-state index is 6.69. The molecule has 2 aromatic heterocycles. The van der Waals surface area contributed by atoms with Gasteiger partial charge in [0.2, 0.25) is 0 Å². The lowest BCUT2D eigenvalue weighted by Crippen LogP contribution is -2.28. The maximum Gasteiger partial charge on any atom is 0.143 e. The molecule has 0 unspecified atom stereocenters. The molecule has 68 heavy (non-hydrogen) atoms. The van der Waals surface area contributed by atoms with Crippen molar-refractivity contribution in [3.05, 3.63) is 277 Å². The third-order valence-electron chi connectivity index (χ3n) is 14.5. The van der Waals surface area contributed by atoms with Gasteiger partial charge in [0.15, 0.2) is 0 Å². The summed E-state index contributed by atoms with van der Waals surface area (Å²) in [6.07, 6.45) is 0. The number of hydrogen-bond donors (Lipinski definition) is 0. The largest absolute Gasteiger partial charge is 0.455 e. The number of hydrogen-bond acceptors (Lipinski definition) is 2. The van der Waals surface area contributed by atoms with Crippen LogP contribution >= 0.6 is 0 Å². The van der Waals surface area contributed by atoms with Crippen LogP contribution in [0.15, 0.2) is 259 Å². The first kappa shape index (κ1) is 38.4. The van der Waals surface area contributed by atoms with Gasteiger partial charge in [-0.05, 0) is 117 Å². The third kappa shape index (κ3) is 5.60. The van der Waals surface area contributed by atoms with Gasteiger partial charge in [-0.25, -0.2) is 0 Å². The van der Waals surface area contributed by atoms with Gasteiger partial charge in [0.05, 0.1) is 22.1 Å². The zero-order valence-electron chi connectivity index (χ0n) is 37.1. The summed E-state index contributed by atoms with van der Waals surface area (Å²) < 4.78 is 9.06. The lowest BCUT2D eigenvalue weighted by atomic mass is 9.68. The first-order chi connectivity index (χ1) is 33.7. The van der Waals surface area contributed by atoms with E-state index in [1.165, 1.54) is 66.1 Å². The lowest BCUT2D eigenvalue weighted by Gasteiger charge is -2.34. The first-order valence-corrected chi connectivity index (χ1v) is 23.4. The van der Waals surface area contributed by atoms with E-state index in [0.717, 1.165) is 55.6 Å². The van der Waals surface area contributed by atoms with Crippen molar-refractivity contribution in [2.24, 2.45) is 0 Å². The van der Waals surface area contributed by atoms with Crippen molar-refractivity contribution in [2.45, 2.75) is 5.41 Å². The monoisotopic (exact) mass is 866 g/mol. The summed E-state index contributed by atoms with van der Waals surface area (Å²) in [5.74, 6) is 0. The second-order valence-corrected chi connectivity index (χ2v) is 18.0. The molecule has 1 aliphatic carbocycles. The third-order valence-corrected chi connectivity index (χ3v) is 14.5. The predicted molar refractivity (Wildman–Crippen MR) is 283 cm³/mol. The van der Waals surface area contributed by atoms with Crippen molar-refractivity contribution in [2.75, 3.05) is 4.90 Å². The molecule has 0 saturated heterocycles. The van der Waals surface area contributed by atoms with E-state index in [9.17, 15) is 0 Å². The highest BCUT2D eigenvalue weighted by Crippen LogP contribution is 2.59. The molecule has 0 aliphatic heterocycles. The summed E-state index contributed by atoms with van der Waals surface area (Å²) in [7, 11) is 0. The Morgan fingerprint density at radius 1 is 0.382 bits per heavy atom. The number of para-hydroxylation sites is 2. The lowest BCUT2D eigenvalue weighted by molar-refractivity contribution is 0.672. The molecule has 0 amide bonds. The normalized spacial score (nSPS) is 12.8. The molecule has 14 rings (SSSR count). The Hall–Kier alpha value is -8.92. The Morgan fingerprint density at radius 3 is 1.81 bits per heavy atom. The van der Waals surface area contributed by atoms with E-state index in [2.05, 4.69) is 264 Å². The summed E-state index contributed by atoms with van der Waals surface area (Å²) in [6, 6.07) is 93.1. The molecule has 318 valence electrons. The Balaban J connectivity index is 0.984. The van der Waals surface area contributed by atoms with Crippen LogP contribution < -0.4 is 4.90 Å². The molecule has 0 bridgehead atoms. The standard InChI is InChI=1S/C65H42N2O/c1-4-18-46(19-5-1)65(47-20-6-2-7-21-47)57-27-14-12-26-54(57)63-58(65)28-16-30-61(63)66(50-37-40-62-56(42-50)53-38-33-44-17-10-11-24-51(44)64(53)68-62)49-35-31-43(32-36-49)45-34-39-60-55(41-45)52-25-13-15-29-59(52)67(60)48-22-8-3-9-23-48/h1-42H. The van der Waals surface area contributed by atoms with Crippen molar-refractivity contribution in [1.82, 2.24) is 4.57 Å². The average molecular weight is 867 g/mol. The first-order valence-electron chi connectivity index (χ1n) is 23.4. The van der Waals surface area contributed by atoms with Gasteiger partial charge in [-0.1, -0.05) is 182 Å². The van der Waals surface area contributed by atoms with E-state index in [4.69, 9.17) is 4.42 Å². The fraction of sp³-hybridized carbons (Fsp3) is 0.0154. The van der Waals surface area contributed by atoms with Crippen molar-refractivity contribution < 1.29 is 4.42 Å². The summed E-state index contributed by atoms with van der Waals surface area (Å²) in [4.78, 5) is 2.46. The molecule has 11 aromatic carbocycles. The summed E-state index contributed by atoms with van der Waals surface area (Å²) in [6.45, 7) is 0. The van der Waals surface area contributed by atoms with Gasteiger partial charge < -0.3 is 13.9 Å². The van der Waals surface area contributed by atoms with Crippen LogP contribution in [-0.2, 0) is 5.41 Å². The average Bonchev–Trinajstić information content (AvgIpc) is 4.06. The quantitative estimate of drug-likeness (QED) is 0.159. The Kier molecular flexibility index (Phi) is 8.50. The van der Waals surface area contributed by atoms with Crippen LogP contribution in [0.4, 0.5) is 17.1 Å². The second-order valence-electron chi connectivity index (χ2n) is 18.0. The molecule has 0 fully saturated rings. The SMILES string of the molecule is c1ccc(-n2c3ccccc3c3cc(-c4ccc(N(c5ccc6oc7c8ccccc8ccc7c6c5)c5cccc6c5-c5ccccc5C6(c5ccccc5)c5ccccc5)cc4)ccc32)cc1. The number of anilines is 3. The summed E-state index contributed by atoms with van der Waals surface area (Å²) in [5, 5.41) is 6.96. The highest BCUT2D eigenvalue weighted by Gasteiger charge is 2.47. The Labute approximate surface area is 394 Å². The van der Waals surface area contributed by atoms with Crippen LogP contribution in [0.2, 0.25) is 0 Å². The van der Waals surface area contributed by atoms with Gasteiger partial charge in [0, 0.05) is 49.6 Å². The highest BCUT2D eigenvalue weighted by atomic mass is 16.3. The molecule has 0 N–H and O–H groups in total. The summed E-state index contributed by atoms with van der Waals surface area (Å²) >= 11 is 0. The molecule has 0 spiro atoms. The van der Waals surface area contributed by atoms with E-state index < -0.39 is 5.41 Å². The number of furan rings is 1. The second kappa shape index (κ2) is 15.1. The molecule has 1 aliphatic rings. The van der Waals surface area contributed by atoms with Crippen molar-refractivity contribution in [1.29, 1.82) is 0 Å². The Bertz CT molecular complexity index is 4030. The van der Waals surface area contributed by atoms with Crippen molar-refractivity contribution in [3.8, 4) is 27.9 Å². The molecule has 0 atom stereocenters. The summed E-state index contributed by atoms with van der Waals surface area (Å²) in [5.41, 5.74) is 17.9. The van der Waals surface area contributed by atoms with Crippen LogP contribution in [0, 0.1) is 0 Å². The predicted octanol–water partition coefficient (Wildman–Crippen LogP) is 17.3. The zero-order chi connectivity index (χ0) is 44.8. The number of nitrogens with zero attached hydrogens (tertiary/aromatic N) is 2. The smallest absolute Gasteiger partial charge is 0.143 e. The number of benzene rings is 11. The van der Waals surface area contributed by atoms with E-state index in [0.29, 0.717) is 0 Å². The molecule has 2 heterocycles. The van der Waals surface area contributed by atoms with Crippen LogP contribution in [0.5, 0.6) is 0 Å². The topological polar surface area (TPSA) is 21.3 Å². The van der Waals surface area contributed by atoms with Crippen LogP contribution in [0.25, 0.3) is 82.5 Å². The van der Waals surface area contributed by atoms with E-state index in [-0.39, 0.29) is 0 Å². The van der Waals surface area contributed by atoms with Gasteiger partial charge in [-0.2, -0.15) is 0 Å². The van der Waals surface area contributed by atoms with E-state index >= 15 is 0 Å². The highest BCUT2D eigenvalue weighted by molar-refractivity contribution is 6.16. The molecule has 0 saturated carbocycles. The van der Waals surface area contributed by atoms with Crippen LogP contribution in [0.1, 0.15) is 22.3 Å². The zero-order valence-corrected chi connectivity index (χ0v) is 37.1. The fourth-order valence-electron chi connectivity index (χ4n) is 11.5. The van der Waals surface area contributed by atoms with Gasteiger partial charge in [0.1, 0.15) is 11.2 Å². The minimum Gasteiger partial charge on any atom is -0.455 e. The van der Waals surface area contributed by atoms with Crippen molar-refractivity contribution in [3.63, 3.8) is 0 Å². The van der Waals surface area contributed by atoms with E-state index in [1.807, 2.05) is 0 Å². The number of rotatable bonds is 7. The molecule has 13 aromatic rings. The number of fused-ring (bicyclic) bond motifs is 11. The van der Waals surface area contributed by atoms with Crippen LogP contribution in [0.3, 0.4) is 0 Å².